The van der Waals surface area contributed by atoms with Gasteiger partial charge in [0.15, 0.2) is 44.4 Å². The Morgan fingerprint density at radius 3 is 1.38 bits per heavy atom. The first-order chi connectivity index (χ1) is 63.3. The summed E-state index contributed by atoms with van der Waals surface area (Å²) in [5.74, 6) is 5.67. The summed E-state index contributed by atoms with van der Waals surface area (Å²) in [4.78, 5) is 0. The molecule has 0 spiro atoms. The second-order valence-electron chi connectivity index (χ2n) is 34.7. The van der Waals surface area contributed by atoms with Crippen LogP contribution in [0.25, 0.3) is 219 Å². The predicted molar refractivity (Wildman–Crippen MR) is 531 cm³/mol. The van der Waals surface area contributed by atoms with Crippen molar-refractivity contribution < 1.29 is 44.8 Å². The molecular formula is C114H92N8O6S2+4. The number of benzene rings is 14. The second-order valence-corrected chi connectivity index (χ2v) is 36.8. The van der Waals surface area contributed by atoms with Crippen LogP contribution in [0, 0.1) is 69.2 Å². The fourth-order valence-corrected chi connectivity index (χ4v) is 22.9. The summed E-state index contributed by atoms with van der Waals surface area (Å²) in [5, 5.41) is 11.2. The monoisotopic (exact) mass is 1730 g/mol. The largest absolute Gasteiger partial charge is 0.452 e. The molecular weight excluding hydrogens is 1640 g/mol. The van der Waals surface area contributed by atoms with E-state index in [0.717, 1.165) is 155 Å². The van der Waals surface area contributed by atoms with Crippen molar-refractivity contribution in [2.24, 2.45) is 28.2 Å². The zero-order chi connectivity index (χ0) is 88.5. The molecule has 0 aliphatic heterocycles. The summed E-state index contributed by atoms with van der Waals surface area (Å²) in [5.41, 5.74) is 33.1. The average molecular weight is 1730 g/mol. The molecule has 0 saturated carbocycles. The van der Waals surface area contributed by atoms with Gasteiger partial charge in [-0.15, -0.1) is 22.7 Å². The van der Waals surface area contributed by atoms with E-state index in [-0.39, 0.29) is 0 Å². The first kappa shape index (κ1) is 79.3. The van der Waals surface area contributed by atoms with Crippen molar-refractivity contribution in [1.82, 2.24) is 18.3 Å². The van der Waals surface area contributed by atoms with Crippen LogP contribution in [0.15, 0.2) is 330 Å². The number of nitrogens with zero attached hydrogens (tertiary/aromatic N) is 8. The van der Waals surface area contributed by atoms with Crippen molar-refractivity contribution in [3.63, 3.8) is 0 Å². The number of aromatic nitrogens is 8. The second kappa shape index (κ2) is 30.7. The van der Waals surface area contributed by atoms with E-state index in [1.165, 1.54) is 108 Å². The molecule has 0 unspecified atom stereocenters. The lowest BCUT2D eigenvalue weighted by Gasteiger charge is -2.11. The van der Waals surface area contributed by atoms with Gasteiger partial charge in [-0.3, -0.25) is 0 Å². The summed E-state index contributed by atoms with van der Waals surface area (Å²) in [7, 11) is 8.49. The van der Waals surface area contributed by atoms with Crippen LogP contribution < -0.4 is 18.3 Å². The van der Waals surface area contributed by atoms with Gasteiger partial charge in [-0.1, -0.05) is 182 Å². The summed E-state index contributed by atoms with van der Waals surface area (Å²) in [6.45, 7) is 21.8. The Labute approximate surface area is 756 Å². The molecule has 0 aliphatic carbocycles. The smallest absolute Gasteiger partial charge is 0.299 e. The van der Waals surface area contributed by atoms with Crippen LogP contribution in [0.3, 0.4) is 0 Å². The Balaban J connectivity index is 0.0000000989. The van der Waals surface area contributed by atoms with Crippen LogP contribution in [0.4, 0.5) is 0 Å². The molecule has 0 amide bonds. The minimum absolute atomic E-state index is 0.578. The van der Waals surface area contributed by atoms with Gasteiger partial charge in [0, 0.05) is 41.7 Å². The molecule has 632 valence electrons. The third-order valence-corrected chi connectivity index (χ3v) is 29.0. The first-order valence-corrected chi connectivity index (χ1v) is 45.7. The van der Waals surface area contributed by atoms with Gasteiger partial charge in [0.1, 0.15) is 81.0 Å². The topological polar surface area (TPSA) is 114 Å². The van der Waals surface area contributed by atoms with Crippen LogP contribution in [-0.4, -0.2) is 18.3 Å². The van der Waals surface area contributed by atoms with Crippen molar-refractivity contribution in [3.05, 3.63) is 359 Å². The van der Waals surface area contributed by atoms with E-state index in [1.807, 2.05) is 77.3 Å². The van der Waals surface area contributed by atoms with E-state index in [4.69, 9.17) is 26.5 Å². The molecule has 0 saturated heterocycles. The lowest BCUT2D eigenvalue weighted by Crippen LogP contribution is -2.30. The van der Waals surface area contributed by atoms with Crippen molar-refractivity contribution >= 4 is 174 Å². The Hall–Kier alpha value is -15.4. The predicted octanol–water partition coefficient (Wildman–Crippen LogP) is 28.8. The molecule has 0 N–H and O–H groups in total. The minimum Gasteiger partial charge on any atom is -0.452 e. The quantitative estimate of drug-likeness (QED) is 0.140. The first-order valence-electron chi connectivity index (χ1n) is 44.1. The molecule has 0 radical (unpaired) electrons. The number of rotatable bonds is 8. The molecule has 16 heteroatoms. The maximum Gasteiger partial charge on any atom is 0.299 e. The van der Waals surface area contributed by atoms with Crippen LogP contribution in [0.1, 0.15) is 55.6 Å². The van der Waals surface area contributed by atoms with Gasteiger partial charge in [-0.05, 0) is 222 Å². The highest BCUT2D eigenvalue weighted by atomic mass is 32.1. The van der Waals surface area contributed by atoms with E-state index >= 15 is 0 Å². The van der Waals surface area contributed by atoms with E-state index in [1.54, 1.807) is 0 Å². The molecule has 0 fully saturated rings. The number of furan rings is 6. The molecule has 26 aromatic rings. The van der Waals surface area contributed by atoms with E-state index < -0.39 is 0 Å². The SMILES string of the molecule is Cc1cc2c(cc1-c1n(-c3c(C)cccc3C)c3ccccc3[n+]1C)oc1oc3ccccc3c12.Cc1cc2c(cc1-c1n(-c3c(C)cccc3C)cc[n+]1C)sc1c3ccccc3sc21.Cc1ccccc1-n1c(-c2c(C)ccc3c2oc2c4ccccc4oc32)[n+](C)c2ccccc21.Cc1ccccc1-n1cc[n+](C)c1-c1c(C)ccc2c1oc1oc3ccccc3c12. The molecule has 12 aromatic heterocycles. The molecule has 14 nitrogen and oxygen atoms in total. The number of imidazole rings is 4. The third kappa shape index (κ3) is 12.4. The van der Waals surface area contributed by atoms with Crippen LogP contribution >= 0.6 is 22.7 Å². The number of thiophene rings is 2. The van der Waals surface area contributed by atoms with E-state index in [9.17, 15) is 0 Å². The third-order valence-electron chi connectivity index (χ3n) is 26.5. The molecule has 0 bridgehead atoms. The Morgan fingerprint density at radius 2 is 0.723 bits per heavy atom. The lowest BCUT2D eigenvalue weighted by atomic mass is 10.0. The maximum atomic E-state index is 6.62. The number of hydrogen-bond acceptors (Lipinski definition) is 8. The van der Waals surface area contributed by atoms with Gasteiger partial charge >= 0.3 is 0 Å². The number of para-hydroxylation sites is 11. The average Bonchev–Trinajstić information content (AvgIpc) is 1.58. The Bertz CT molecular complexity index is 9120. The molecule has 0 atom stereocenters. The zero-order valence-corrected chi connectivity index (χ0v) is 76.3. The van der Waals surface area contributed by atoms with Gasteiger partial charge in [0.05, 0.1) is 70.3 Å². The number of hydrogen-bond donors (Lipinski definition) is 0. The molecule has 12 heterocycles. The summed E-state index contributed by atoms with van der Waals surface area (Å²) >= 11 is 3.84. The van der Waals surface area contributed by atoms with Crippen LogP contribution in [0.5, 0.6) is 0 Å². The number of aryl methyl sites for hydroxylation is 14. The van der Waals surface area contributed by atoms with Crippen molar-refractivity contribution in [2.75, 3.05) is 0 Å². The summed E-state index contributed by atoms with van der Waals surface area (Å²) in [6.07, 6.45) is 8.54. The van der Waals surface area contributed by atoms with Crippen molar-refractivity contribution in [3.8, 4) is 68.3 Å². The minimum atomic E-state index is 0.578. The van der Waals surface area contributed by atoms with Crippen LogP contribution in [0.2, 0.25) is 0 Å². The molecule has 130 heavy (non-hydrogen) atoms. The van der Waals surface area contributed by atoms with E-state index in [0.29, 0.717) is 11.6 Å². The highest BCUT2D eigenvalue weighted by Gasteiger charge is 2.36. The van der Waals surface area contributed by atoms with Gasteiger partial charge < -0.3 is 26.5 Å². The highest BCUT2D eigenvalue weighted by Crippen LogP contribution is 2.49. The van der Waals surface area contributed by atoms with Gasteiger partial charge in [-0.25, -0.2) is 18.3 Å². The zero-order valence-electron chi connectivity index (χ0n) is 74.7. The van der Waals surface area contributed by atoms with Gasteiger partial charge in [-0.2, -0.15) is 18.3 Å². The fraction of sp³-hybridized carbons (Fsp3) is 0.123. The van der Waals surface area contributed by atoms with E-state index in [2.05, 4.69) is 383 Å². The maximum absolute atomic E-state index is 6.62. The normalized spacial score (nSPS) is 11.9. The van der Waals surface area contributed by atoms with Gasteiger partial charge in [0.25, 0.3) is 34.9 Å². The fourth-order valence-electron chi connectivity index (χ4n) is 20.2. The summed E-state index contributed by atoms with van der Waals surface area (Å²) < 4.78 is 61.5. The van der Waals surface area contributed by atoms with Crippen molar-refractivity contribution in [1.29, 1.82) is 0 Å². The van der Waals surface area contributed by atoms with Crippen LogP contribution in [-0.2, 0) is 28.2 Å². The highest BCUT2D eigenvalue weighted by molar-refractivity contribution is 7.36. The standard InChI is InChI=1S/C31H25N2O2.C30H23N2O2.C27H23N2S2.C26H21N2O2/c1-18-10-9-11-19(2)29(18)33-25-14-7-6-13-24(25)32(4)30(33)22-17-27-23(16-20(22)3)28-21-12-5-8-15-26(21)34-31(28)35-27;1-18-10-4-6-12-22(18)32-24-14-8-7-13-23(24)31(3)30(32)26-19(2)16-17-21-27(26)34-28-20-11-5-9-15-25(20)33-29(21)28;1-16-8-7-9-17(2)24(16)29-13-12-28(4)27(29)20-15-23-21(14-18(20)3)26-25(31-23)19-10-5-6-11-22(19)30-26;1-16-8-4-6-10-20(16)28-15-14-27(3)25(28)22-17(2)12-13-19-23-18-9-5-7-11-21(18)29-26(23)30-24(19)22/h5-17H,1-4H3;4-17H,1-3H3;5-15H,1-4H3;4-15H,1-3H3/q4*+1. The number of fused-ring (bicyclic) bond motifs is 22. The molecule has 0 aliphatic rings. The Kier molecular flexibility index (Phi) is 18.7. The summed E-state index contributed by atoms with van der Waals surface area (Å²) in [6, 6.07) is 97.9. The van der Waals surface area contributed by atoms with Gasteiger partial charge in [0.2, 0.25) is 0 Å². The Morgan fingerprint density at radius 1 is 0.269 bits per heavy atom. The van der Waals surface area contributed by atoms with Crippen molar-refractivity contribution in [2.45, 2.75) is 69.2 Å². The molecule has 14 aromatic carbocycles. The lowest BCUT2D eigenvalue weighted by molar-refractivity contribution is -0.659. The molecule has 26 rings (SSSR count).